The highest BCUT2D eigenvalue weighted by Gasteiger charge is 2.29. The van der Waals surface area contributed by atoms with Crippen LogP contribution in [0.1, 0.15) is 69.1 Å². The van der Waals surface area contributed by atoms with Crippen LogP contribution in [0.3, 0.4) is 0 Å². The fourth-order valence-corrected chi connectivity index (χ4v) is 4.23. The summed E-state index contributed by atoms with van der Waals surface area (Å²) in [6.45, 7) is 5.27. The van der Waals surface area contributed by atoms with E-state index in [-0.39, 0.29) is 11.5 Å². The molecule has 1 saturated carbocycles. The second-order valence-corrected chi connectivity index (χ2v) is 8.36. The van der Waals surface area contributed by atoms with Gasteiger partial charge in [-0.1, -0.05) is 37.8 Å². The van der Waals surface area contributed by atoms with Crippen LogP contribution in [0.5, 0.6) is 0 Å². The fraction of sp³-hybridized carbons (Fsp3) is 0.591. The smallest absolute Gasteiger partial charge is 0.160 e. The molecule has 1 fully saturated rings. The summed E-state index contributed by atoms with van der Waals surface area (Å²) >= 11 is 0. The molecule has 1 aliphatic heterocycles. The summed E-state index contributed by atoms with van der Waals surface area (Å²) in [4.78, 5) is 12.9. The van der Waals surface area contributed by atoms with Gasteiger partial charge in [0.05, 0.1) is 0 Å². The minimum Gasteiger partial charge on any atom is -0.379 e. The van der Waals surface area contributed by atoms with Crippen molar-refractivity contribution in [2.45, 2.75) is 70.9 Å². The molecule has 0 spiro atoms. The maximum atomic E-state index is 12.9. The zero-order valence-corrected chi connectivity index (χ0v) is 16.0. The van der Waals surface area contributed by atoms with Gasteiger partial charge in [-0.15, -0.1) is 0 Å². The van der Waals surface area contributed by atoms with Crippen molar-refractivity contribution in [2.24, 2.45) is 5.92 Å². The van der Waals surface area contributed by atoms with Crippen LogP contribution in [0.15, 0.2) is 24.3 Å². The molecule has 0 saturated heterocycles. The Kier molecular flexibility index (Phi) is 5.63. The van der Waals surface area contributed by atoms with Crippen molar-refractivity contribution in [1.29, 1.82) is 0 Å². The van der Waals surface area contributed by atoms with E-state index in [1.54, 1.807) is 0 Å². The molecule has 0 aromatic heterocycles. The lowest BCUT2D eigenvalue weighted by Crippen LogP contribution is -2.44. The van der Waals surface area contributed by atoms with Crippen LogP contribution < -0.4 is 10.6 Å². The molecule has 0 unspecified atom stereocenters. The molecule has 1 aromatic carbocycles. The number of carbonyl (C=O) groups is 1. The van der Waals surface area contributed by atoms with Gasteiger partial charge >= 0.3 is 0 Å². The number of carbonyl (C=O) groups excluding carboxylic acids is 1. The third-order valence-corrected chi connectivity index (χ3v) is 5.49. The Balaban J connectivity index is 1.91. The van der Waals surface area contributed by atoms with E-state index < -0.39 is 0 Å². The van der Waals surface area contributed by atoms with E-state index >= 15 is 0 Å². The van der Waals surface area contributed by atoms with E-state index in [4.69, 9.17) is 0 Å². The first kappa shape index (κ1) is 18.2. The summed E-state index contributed by atoms with van der Waals surface area (Å²) in [6.07, 6.45) is 9.94. The van der Waals surface area contributed by atoms with Crippen LogP contribution in [-0.4, -0.2) is 18.4 Å². The maximum Gasteiger partial charge on any atom is 0.160 e. The van der Waals surface area contributed by atoms with Crippen LogP contribution >= 0.6 is 0 Å². The van der Waals surface area contributed by atoms with Crippen LogP contribution in [-0.2, 0) is 17.8 Å². The monoisotopic (exact) mass is 340 g/mol. The Bertz CT molecular complexity index is 652. The molecule has 1 aromatic rings. The van der Waals surface area contributed by atoms with Crippen LogP contribution in [0.25, 0.3) is 5.70 Å². The number of hydrogen-bond donors (Lipinski definition) is 2. The lowest BCUT2D eigenvalue weighted by molar-refractivity contribution is -0.118. The third kappa shape index (κ3) is 4.52. The predicted molar refractivity (Wildman–Crippen MR) is 104 cm³/mol. The molecule has 3 nitrogen and oxygen atoms in total. The molecule has 25 heavy (non-hydrogen) atoms. The van der Waals surface area contributed by atoms with Crippen molar-refractivity contribution in [3.63, 3.8) is 0 Å². The quantitative estimate of drug-likeness (QED) is 0.637. The normalized spacial score (nSPS) is 22.1. The van der Waals surface area contributed by atoms with Crippen molar-refractivity contribution in [1.82, 2.24) is 10.6 Å². The Morgan fingerprint density at radius 3 is 2.64 bits per heavy atom. The number of rotatable bonds is 4. The lowest BCUT2D eigenvalue weighted by Gasteiger charge is -2.36. The zero-order chi connectivity index (χ0) is 17.9. The van der Waals surface area contributed by atoms with Crippen molar-refractivity contribution in [3.8, 4) is 0 Å². The number of fused-ring (bicyclic) bond motifs is 1. The molecule has 136 valence electrons. The SMILES string of the molecule is CNCc1ccc2c(c1)/C(=C/C(=O)C1CCCCCC1)NC(C)(C)C2. The maximum absolute atomic E-state index is 12.9. The summed E-state index contributed by atoms with van der Waals surface area (Å²) < 4.78 is 0. The van der Waals surface area contributed by atoms with Gasteiger partial charge in [-0.05, 0) is 57.4 Å². The number of ketones is 1. The molecule has 3 heteroatoms. The Morgan fingerprint density at radius 1 is 1.24 bits per heavy atom. The summed E-state index contributed by atoms with van der Waals surface area (Å²) in [7, 11) is 1.97. The van der Waals surface area contributed by atoms with Crippen molar-refractivity contribution in [2.75, 3.05) is 7.05 Å². The highest BCUT2D eigenvalue weighted by atomic mass is 16.1. The van der Waals surface area contributed by atoms with E-state index in [0.29, 0.717) is 5.78 Å². The van der Waals surface area contributed by atoms with Gasteiger partial charge in [-0.25, -0.2) is 0 Å². The van der Waals surface area contributed by atoms with Gasteiger partial charge in [0.15, 0.2) is 5.78 Å². The minimum atomic E-state index is -0.0207. The standard InChI is InChI=1S/C22H32N2O/c1-22(2)14-18-11-10-16(15-23-3)12-19(18)20(24-22)13-21(25)17-8-6-4-5-7-9-17/h10-13,17,23-24H,4-9,14-15H2,1-3H3/b20-13-. The molecule has 3 rings (SSSR count). The Labute approximate surface area is 152 Å². The van der Waals surface area contributed by atoms with Crippen molar-refractivity contribution < 1.29 is 4.79 Å². The molecule has 0 amide bonds. The van der Waals surface area contributed by atoms with Crippen LogP contribution in [0, 0.1) is 5.92 Å². The van der Waals surface area contributed by atoms with Crippen molar-refractivity contribution in [3.05, 3.63) is 41.0 Å². The Morgan fingerprint density at radius 2 is 1.96 bits per heavy atom. The van der Waals surface area contributed by atoms with Crippen LogP contribution in [0.4, 0.5) is 0 Å². The molecule has 0 bridgehead atoms. The molecule has 0 radical (unpaired) electrons. The number of allylic oxidation sites excluding steroid dienone is 1. The molecule has 2 aliphatic rings. The molecular formula is C22H32N2O. The van der Waals surface area contributed by atoms with Gasteiger partial charge < -0.3 is 10.6 Å². The second kappa shape index (κ2) is 7.74. The zero-order valence-electron chi connectivity index (χ0n) is 16.0. The van der Waals surface area contributed by atoms with Gasteiger partial charge in [-0.2, -0.15) is 0 Å². The molecule has 2 N–H and O–H groups in total. The number of nitrogens with one attached hydrogen (secondary N) is 2. The van der Waals surface area contributed by atoms with E-state index in [2.05, 4.69) is 42.7 Å². The summed E-state index contributed by atoms with van der Waals surface area (Å²) in [5.41, 5.74) is 4.79. The topological polar surface area (TPSA) is 41.1 Å². The number of benzene rings is 1. The van der Waals surface area contributed by atoms with Gasteiger partial charge in [0.1, 0.15) is 0 Å². The van der Waals surface area contributed by atoms with Gasteiger partial charge in [0.2, 0.25) is 0 Å². The summed E-state index contributed by atoms with van der Waals surface area (Å²) in [5.74, 6) is 0.526. The molecule has 0 atom stereocenters. The highest BCUT2D eigenvalue weighted by molar-refractivity contribution is 5.98. The van der Waals surface area contributed by atoms with Crippen LogP contribution in [0.2, 0.25) is 0 Å². The van der Waals surface area contributed by atoms with E-state index in [1.165, 1.54) is 42.4 Å². The third-order valence-electron chi connectivity index (χ3n) is 5.49. The average molecular weight is 341 g/mol. The van der Waals surface area contributed by atoms with Gasteiger partial charge in [-0.3, -0.25) is 4.79 Å². The first-order valence-corrected chi connectivity index (χ1v) is 9.79. The average Bonchev–Trinajstić information content (AvgIpc) is 2.84. The van der Waals surface area contributed by atoms with Gasteiger partial charge in [0, 0.05) is 35.3 Å². The van der Waals surface area contributed by atoms with Crippen molar-refractivity contribution >= 4 is 11.5 Å². The minimum absolute atomic E-state index is 0.0207. The fourth-order valence-electron chi connectivity index (χ4n) is 4.23. The first-order chi connectivity index (χ1) is 12.0. The van der Waals surface area contributed by atoms with E-state index in [0.717, 1.165) is 31.5 Å². The highest BCUT2D eigenvalue weighted by Crippen LogP contribution is 2.32. The van der Waals surface area contributed by atoms with E-state index in [9.17, 15) is 4.79 Å². The van der Waals surface area contributed by atoms with Gasteiger partial charge in [0.25, 0.3) is 0 Å². The molecular weight excluding hydrogens is 308 g/mol. The summed E-state index contributed by atoms with van der Waals surface area (Å²) in [6, 6.07) is 6.66. The number of hydrogen-bond acceptors (Lipinski definition) is 3. The largest absolute Gasteiger partial charge is 0.379 e. The molecule has 1 heterocycles. The Hall–Kier alpha value is -1.61. The lowest BCUT2D eigenvalue weighted by atomic mass is 9.84. The van der Waals surface area contributed by atoms with E-state index in [1.807, 2.05) is 13.1 Å². The second-order valence-electron chi connectivity index (χ2n) is 8.36. The molecule has 1 aliphatic carbocycles. The first-order valence-electron chi connectivity index (χ1n) is 9.79. The summed E-state index contributed by atoms with van der Waals surface area (Å²) in [5, 5.41) is 6.84. The predicted octanol–water partition coefficient (Wildman–Crippen LogP) is 4.21.